The van der Waals surface area contributed by atoms with E-state index in [1.165, 1.54) is 0 Å². The van der Waals surface area contributed by atoms with Gasteiger partial charge in [-0.15, -0.1) is 0 Å². The van der Waals surface area contributed by atoms with Crippen LogP contribution in [-0.2, 0) is 4.74 Å². The van der Waals surface area contributed by atoms with Crippen molar-refractivity contribution in [3.05, 3.63) is 33.9 Å². The van der Waals surface area contributed by atoms with E-state index in [1.54, 1.807) is 19.2 Å². The van der Waals surface area contributed by atoms with Crippen molar-refractivity contribution in [2.24, 2.45) is 0 Å². The fourth-order valence-corrected chi connectivity index (χ4v) is 2.42. The van der Waals surface area contributed by atoms with Gasteiger partial charge in [-0.2, -0.15) is 0 Å². The Morgan fingerprint density at radius 3 is 2.83 bits per heavy atom. The zero-order chi connectivity index (χ0) is 13.1. The maximum atomic E-state index is 11.0. The van der Waals surface area contributed by atoms with Crippen molar-refractivity contribution in [1.82, 2.24) is 0 Å². The second-order valence-electron chi connectivity index (χ2n) is 4.79. The lowest BCUT2D eigenvalue weighted by Gasteiger charge is -2.14. The summed E-state index contributed by atoms with van der Waals surface area (Å²) in [6.45, 7) is 1.85. The molecule has 1 aliphatic carbocycles. The summed E-state index contributed by atoms with van der Waals surface area (Å²) >= 11 is 0. The maximum absolute atomic E-state index is 11.0. The first-order valence-electron chi connectivity index (χ1n) is 6.14. The predicted molar refractivity (Wildman–Crippen MR) is 69.9 cm³/mol. The number of hydrogen-bond acceptors (Lipinski definition) is 4. The molecule has 1 aliphatic rings. The normalized spacial score (nSPS) is 23.0. The summed E-state index contributed by atoms with van der Waals surface area (Å²) in [6, 6.07) is 5.54. The second kappa shape index (κ2) is 5.35. The average Bonchev–Trinajstić information content (AvgIpc) is 2.79. The summed E-state index contributed by atoms with van der Waals surface area (Å²) in [5.41, 5.74) is 1.65. The molecule has 0 aromatic heterocycles. The Hall–Kier alpha value is -1.62. The van der Waals surface area contributed by atoms with Crippen molar-refractivity contribution in [1.29, 1.82) is 0 Å². The van der Waals surface area contributed by atoms with Crippen molar-refractivity contribution in [3.8, 4) is 0 Å². The molecule has 2 atom stereocenters. The third kappa shape index (κ3) is 2.79. The van der Waals surface area contributed by atoms with Crippen molar-refractivity contribution >= 4 is 11.4 Å². The maximum Gasteiger partial charge on any atom is 0.292 e. The molecule has 98 valence electrons. The Bertz CT molecular complexity index is 448. The Balaban J connectivity index is 2.12. The van der Waals surface area contributed by atoms with Crippen molar-refractivity contribution in [3.63, 3.8) is 0 Å². The first kappa shape index (κ1) is 12.8. The van der Waals surface area contributed by atoms with E-state index in [2.05, 4.69) is 5.32 Å². The monoisotopic (exact) mass is 250 g/mol. The van der Waals surface area contributed by atoms with Gasteiger partial charge in [-0.1, -0.05) is 6.07 Å². The molecule has 1 aromatic carbocycles. The molecule has 18 heavy (non-hydrogen) atoms. The molecule has 1 fully saturated rings. The molecule has 0 amide bonds. The fourth-order valence-electron chi connectivity index (χ4n) is 2.42. The summed E-state index contributed by atoms with van der Waals surface area (Å²) in [5, 5.41) is 14.3. The topological polar surface area (TPSA) is 64.4 Å². The van der Waals surface area contributed by atoms with E-state index in [-0.39, 0.29) is 22.8 Å². The quantitative estimate of drug-likeness (QED) is 0.659. The zero-order valence-corrected chi connectivity index (χ0v) is 10.7. The van der Waals surface area contributed by atoms with Crippen LogP contribution in [0.2, 0.25) is 0 Å². The number of nitro benzene ring substituents is 1. The minimum Gasteiger partial charge on any atom is -0.381 e. The van der Waals surface area contributed by atoms with Gasteiger partial charge in [0, 0.05) is 19.2 Å². The molecular weight excluding hydrogens is 232 g/mol. The van der Waals surface area contributed by atoms with Crippen LogP contribution in [0.15, 0.2) is 18.2 Å². The van der Waals surface area contributed by atoms with Crippen molar-refractivity contribution in [2.75, 3.05) is 12.4 Å². The summed E-state index contributed by atoms with van der Waals surface area (Å²) in [5.74, 6) is 0. The van der Waals surface area contributed by atoms with Gasteiger partial charge in [0.1, 0.15) is 5.69 Å². The number of nitrogens with zero attached hydrogens (tertiary/aromatic N) is 1. The minimum atomic E-state index is -0.335. The van der Waals surface area contributed by atoms with Crippen LogP contribution in [0.3, 0.4) is 0 Å². The standard InChI is InChI=1S/C13H18N2O3/c1-9-3-6-12(13(7-9)15(16)17)14-10-4-5-11(8-10)18-2/h3,6-7,10-11,14H,4-5,8H2,1-2H3. The van der Waals surface area contributed by atoms with E-state index < -0.39 is 0 Å². The lowest BCUT2D eigenvalue weighted by Crippen LogP contribution is -2.18. The van der Waals surface area contributed by atoms with Crippen LogP contribution in [0.4, 0.5) is 11.4 Å². The van der Waals surface area contributed by atoms with Gasteiger partial charge in [-0.05, 0) is 37.8 Å². The Morgan fingerprint density at radius 1 is 1.44 bits per heavy atom. The summed E-state index contributed by atoms with van der Waals surface area (Å²) < 4.78 is 5.30. The highest BCUT2D eigenvalue weighted by atomic mass is 16.6. The third-order valence-electron chi connectivity index (χ3n) is 3.43. The lowest BCUT2D eigenvalue weighted by atomic mass is 10.1. The Morgan fingerprint density at radius 2 is 2.22 bits per heavy atom. The van der Waals surface area contributed by atoms with Gasteiger partial charge < -0.3 is 10.1 Å². The highest BCUT2D eigenvalue weighted by Crippen LogP contribution is 2.30. The molecular formula is C13H18N2O3. The number of nitro groups is 1. The van der Waals surface area contributed by atoms with Gasteiger partial charge in [-0.3, -0.25) is 10.1 Å². The predicted octanol–water partition coefficient (Wildman–Crippen LogP) is 2.88. The minimum absolute atomic E-state index is 0.149. The summed E-state index contributed by atoms with van der Waals surface area (Å²) in [6.07, 6.45) is 3.17. The van der Waals surface area contributed by atoms with Gasteiger partial charge in [0.05, 0.1) is 11.0 Å². The Kier molecular flexibility index (Phi) is 3.81. The fraction of sp³-hybridized carbons (Fsp3) is 0.538. The van der Waals surface area contributed by atoms with Crippen LogP contribution in [-0.4, -0.2) is 24.2 Å². The highest BCUT2D eigenvalue weighted by molar-refractivity contribution is 5.63. The van der Waals surface area contributed by atoms with Gasteiger partial charge in [0.25, 0.3) is 5.69 Å². The number of ether oxygens (including phenoxy) is 1. The van der Waals surface area contributed by atoms with E-state index in [4.69, 9.17) is 4.74 Å². The molecule has 0 heterocycles. The van der Waals surface area contributed by atoms with E-state index in [0.717, 1.165) is 24.8 Å². The molecule has 0 radical (unpaired) electrons. The van der Waals surface area contributed by atoms with Gasteiger partial charge in [-0.25, -0.2) is 0 Å². The number of methoxy groups -OCH3 is 1. The van der Waals surface area contributed by atoms with Crippen LogP contribution >= 0.6 is 0 Å². The number of aryl methyl sites for hydroxylation is 1. The third-order valence-corrected chi connectivity index (χ3v) is 3.43. The van der Waals surface area contributed by atoms with Gasteiger partial charge in [0.2, 0.25) is 0 Å². The van der Waals surface area contributed by atoms with Crippen molar-refractivity contribution in [2.45, 2.75) is 38.3 Å². The van der Waals surface area contributed by atoms with E-state index >= 15 is 0 Å². The zero-order valence-electron chi connectivity index (χ0n) is 10.7. The molecule has 0 spiro atoms. The summed E-state index contributed by atoms with van der Waals surface area (Å²) in [7, 11) is 1.71. The van der Waals surface area contributed by atoms with Crippen molar-refractivity contribution < 1.29 is 9.66 Å². The lowest BCUT2D eigenvalue weighted by molar-refractivity contribution is -0.384. The number of benzene rings is 1. The van der Waals surface area contributed by atoms with Crippen LogP contribution in [0.5, 0.6) is 0 Å². The van der Waals surface area contributed by atoms with Crippen LogP contribution in [0, 0.1) is 17.0 Å². The number of rotatable bonds is 4. The smallest absolute Gasteiger partial charge is 0.292 e. The molecule has 2 rings (SSSR count). The molecule has 5 heteroatoms. The SMILES string of the molecule is COC1CCC(Nc2ccc(C)cc2[N+](=O)[O-])C1. The molecule has 0 saturated heterocycles. The van der Waals surface area contributed by atoms with E-state index in [9.17, 15) is 10.1 Å². The van der Waals surface area contributed by atoms with E-state index in [0.29, 0.717) is 5.69 Å². The molecule has 5 nitrogen and oxygen atoms in total. The number of nitrogens with one attached hydrogen (secondary N) is 1. The number of hydrogen-bond donors (Lipinski definition) is 1. The molecule has 1 saturated carbocycles. The summed E-state index contributed by atoms with van der Waals surface area (Å²) in [4.78, 5) is 10.7. The van der Waals surface area contributed by atoms with E-state index in [1.807, 2.05) is 13.0 Å². The Labute approximate surface area is 106 Å². The molecule has 1 aromatic rings. The van der Waals surface area contributed by atoms with Gasteiger partial charge >= 0.3 is 0 Å². The van der Waals surface area contributed by atoms with Crippen LogP contribution in [0.25, 0.3) is 0 Å². The number of anilines is 1. The molecule has 0 bridgehead atoms. The van der Waals surface area contributed by atoms with Crippen LogP contribution < -0.4 is 5.32 Å². The second-order valence-corrected chi connectivity index (χ2v) is 4.79. The largest absolute Gasteiger partial charge is 0.381 e. The average molecular weight is 250 g/mol. The highest BCUT2D eigenvalue weighted by Gasteiger charge is 2.26. The first-order chi connectivity index (χ1) is 8.60. The molecule has 1 N–H and O–H groups in total. The molecule has 2 unspecified atom stereocenters. The van der Waals surface area contributed by atoms with Crippen LogP contribution in [0.1, 0.15) is 24.8 Å². The molecule has 0 aliphatic heterocycles. The first-order valence-corrected chi connectivity index (χ1v) is 6.14. The van der Waals surface area contributed by atoms with Gasteiger partial charge in [0.15, 0.2) is 0 Å².